The van der Waals surface area contributed by atoms with Crippen molar-refractivity contribution in [1.82, 2.24) is 5.32 Å². The minimum absolute atomic E-state index is 0.0531. The first-order valence-electron chi connectivity index (χ1n) is 9.79. The molecular weight excluding hydrogens is 286 g/mol. The normalized spacial score (nSPS) is 12.7. The topological polar surface area (TPSA) is 49.3 Å². The molecule has 3 heteroatoms. The lowest BCUT2D eigenvalue weighted by molar-refractivity contribution is -0.122. The average Bonchev–Trinajstić information content (AvgIpc) is 2.56. The Labute approximate surface area is 143 Å². The van der Waals surface area contributed by atoms with E-state index in [2.05, 4.69) is 31.3 Å². The molecule has 0 bridgehead atoms. The van der Waals surface area contributed by atoms with Gasteiger partial charge in [-0.2, -0.15) is 0 Å². The molecule has 1 amide bonds. The third kappa shape index (κ3) is 15.8. The lowest BCUT2D eigenvalue weighted by Gasteiger charge is -2.15. The van der Waals surface area contributed by atoms with Gasteiger partial charge in [-0.05, 0) is 32.1 Å². The lowest BCUT2D eigenvalue weighted by Crippen LogP contribution is -2.37. The fourth-order valence-electron chi connectivity index (χ4n) is 2.60. The second-order valence-corrected chi connectivity index (χ2v) is 6.51. The summed E-state index contributed by atoms with van der Waals surface area (Å²) in [7, 11) is 0. The summed E-state index contributed by atoms with van der Waals surface area (Å²) in [6, 6.07) is -0.0538. The first-order chi connectivity index (χ1) is 11.2. The maximum atomic E-state index is 11.8. The SMILES string of the molecule is CCCCC=CCCCCCCCC(=O)NC(CO)CCCC. The molecule has 0 aromatic heterocycles. The van der Waals surface area contributed by atoms with E-state index in [1.54, 1.807) is 0 Å². The Balaban J connectivity index is 3.42. The zero-order valence-corrected chi connectivity index (χ0v) is 15.5. The van der Waals surface area contributed by atoms with Crippen molar-refractivity contribution in [2.75, 3.05) is 6.61 Å². The van der Waals surface area contributed by atoms with Crippen molar-refractivity contribution >= 4 is 5.91 Å². The van der Waals surface area contributed by atoms with Crippen molar-refractivity contribution in [1.29, 1.82) is 0 Å². The van der Waals surface area contributed by atoms with E-state index in [9.17, 15) is 9.90 Å². The largest absolute Gasteiger partial charge is 0.394 e. The van der Waals surface area contributed by atoms with Gasteiger partial charge in [-0.1, -0.05) is 70.9 Å². The highest BCUT2D eigenvalue weighted by Gasteiger charge is 2.10. The zero-order chi connectivity index (χ0) is 17.2. The van der Waals surface area contributed by atoms with Gasteiger partial charge in [0.2, 0.25) is 5.91 Å². The van der Waals surface area contributed by atoms with E-state index in [-0.39, 0.29) is 18.6 Å². The molecule has 2 N–H and O–H groups in total. The number of nitrogens with one attached hydrogen (secondary N) is 1. The van der Waals surface area contributed by atoms with Crippen molar-refractivity contribution in [3.8, 4) is 0 Å². The summed E-state index contributed by atoms with van der Waals surface area (Å²) in [5.74, 6) is 0.0963. The molecule has 3 nitrogen and oxygen atoms in total. The van der Waals surface area contributed by atoms with Crippen LogP contribution in [0.5, 0.6) is 0 Å². The molecule has 0 aliphatic heterocycles. The summed E-state index contributed by atoms with van der Waals surface area (Å²) in [5.41, 5.74) is 0. The molecular formula is C20H39NO2. The van der Waals surface area contributed by atoms with Crippen LogP contribution in [0.4, 0.5) is 0 Å². The zero-order valence-electron chi connectivity index (χ0n) is 15.5. The van der Waals surface area contributed by atoms with Gasteiger partial charge in [0.15, 0.2) is 0 Å². The van der Waals surface area contributed by atoms with Crippen molar-refractivity contribution < 1.29 is 9.90 Å². The standard InChI is InChI=1S/C20H39NO2/c1-3-5-7-8-9-10-11-12-13-14-15-17-20(23)21-19(18-22)16-6-4-2/h8-9,19,22H,3-7,10-18H2,1-2H3,(H,21,23). The molecule has 0 spiro atoms. The van der Waals surface area contributed by atoms with E-state index in [1.807, 2.05) is 0 Å². The van der Waals surface area contributed by atoms with Crippen LogP contribution in [0, 0.1) is 0 Å². The number of hydrogen-bond acceptors (Lipinski definition) is 2. The van der Waals surface area contributed by atoms with Crippen LogP contribution in [0.1, 0.15) is 97.3 Å². The van der Waals surface area contributed by atoms with Gasteiger partial charge in [0.05, 0.1) is 12.6 Å². The summed E-state index contributed by atoms with van der Waals surface area (Å²) < 4.78 is 0. The Kier molecular flexibility index (Phi) is 16.9. The molecule has 0 radical (unpaired) electrons. The third-order valence-electron chi connectivity index (χ3n) is 4.16. The summed E-state index contributed by atoms with van der Waals surface area (Å²) in [4.78, 5) is 11.8. The number of allylic oxidation sites excluding steroid dienone is 2. The minimum atomic E-state index is -0.0538. The van der Waals surface area contributed by atoms with E-state index >= 15 is 0 Å². The molecule has 0 aromatic rings. The van der Waals surface area contributed by atoms with Gasteiger partial charge >= 0.3 is 0 Å². The van der Waals surface area contributed by atoms with E-state index in [1.165, 1.54) is 44.9 Å². The van der Waals surface area contributed by atoms with Crippen LogP contribution in [0.3, 0.4) is 0 Å². The van der Waals surface area contributed by atoms with Crippen LogP contribution in [-0.2, 0) is 4.79 Å². The molecule has 0 saturated carbocycles. The van der Waals surface area contributed by atoms with Gasteiger partial charge in [0, 0.05) is 6.42 Å². The van der Waals surface area contributed by atoms with Crippen molar-refractivity contribution in [2.24, 2.45) is 0 Å². The molecule has 1 unspecified atom stereocenters. The van der Waals surface area contributed by atoms with Crippen molar-refractivity contribution in [3.63, 3.8) is 0 Å². The summed E-state index contributed by atoms with van der Waals surface area (Å²) in [6.45, 7) is 4.40. The highest BCUT2D eigenvalue weighted by molar-refractivity contribution is 5.76. The summed E-state index contributed by atoms with van der Waals surface area (Å²) in [6.07, 6.45) is 19.1. The molecule has 0 saturated heterocycles. The summed E-state index contributed by atoms with van der Waals surface area (Å²) in [5, 5.41) is 12.2. The van der Waals surface area contributed by atoms with Crippen LogP contribution < -0.4 is 5.32 Å². The van der Waals surface area contributed by atoms with Crippen LogP contribution in [0.2, 0.25) is 0 Å². The fraction of sp³-hybridized carbons (Fsp3) is 0.850. The lowest BCUT2D eigenvalue weighted by atomic mass is 10.1. The first kappa shape index (κ1) is 22.2. The maximum absolute atomic E-state index is 11.8. The minimum Gasteiger partial charge on any atom is -0.394 e. The second kappa shape index (κ2) is 17.5. The van der Waals surface area contributed by atoms with Crippen LogP contribution in [0.15, 0.2) is 12.2 Å². The highest BCUT2D eigenvalue weighted by atomic mass is 16.3. The number of hydrogen-bond donors (Lipinski definition) is 2. The van der Waals surface area contributed by atoms with E-state index in [0.717, 1.165) is 32.1 Å². The van der Waals surface area contributed by atoms with Gasteiger partial charge < -0.3 is 10.4 Å². The Morgan fingerprint density at radius 2 is 1.52 bits per heavy atom. The predicted octanol–water partition coefficient (Wildman–Crippen LogP) is 5.13. The average molecular weight is 326 g/mol. The van der Waals surface area contributed by atoms with Crippen LogP contribution in [0.25, 0.3) is 0 Å². The molecule has 0 aliphatic rings. The number of aliphatic hydroxyl groups is 1. The Bertz CT molecular complexity index is 289. The fourth-order valence-corrected chi connectivity index (χ4v) is 2.60. The molecule has 0 aliphatic carbocycles. The van der Waals surface area contributed by atoms with Crippen LogP contribution >= 0.6 is 0 Å². The van der Waals surface area contributed by atoms with Gasteiger partial charge in [-0.25, -0.2) is 0 Å². The Morgan fingerprint density at radius 3 is 2.17 bits per heavy atom. The summed E-state index contributed by atoms with van der Waals surface area (Å²) >= 11 is 0. The molecule has 136 valence electrons. The third-order valence-corrected chi connectivity index (χ3v) is 4.16. The Morgan fingerprint density at radius 1 is 0.913 bits per heavy atom. The molecule has 0 aromatic carbocycles. The first-order valence-corrected chi connectivity index (χ1v) is 9.79. The quantitative estimate of drug-likeness (QED) is 0.305. The predicted molar refractivity (Wildman–Crippen MR) is 99.5 cm³/mol. The molecule has 0 rings (SSSR count). The monoisotopic (exact) mass is 325 g/mol. The van der Waals surface area contributed by atoms with E-state index in [4.69, 9.17) is 0 Å². The smallest absolute Gasteiger partial charge is 0.220 e. The molecule has 0 heterocycles. The van der Waals surface area contributed by atoms with Gasteiger partial charge in [0.25, 0.3) is 0 Å². The maximum Gasteiger partial charge on any atom is 0.220 e. The molecule has 23 heavy (non-hydrogen) atoms. The van der Waals surface area contributed by atoms with Gasteiger partial charge in [0.1, 0.15) is 0 Å². The number of carbonyl (C=O) groups is 1. The Hall–Kier alpha value is -0.830. The number of carbonyl (C=O) groups excluding carboxylic acids is 1. The van der Waals surface area contributed by atoms with Crippen molar-refractivity contribution in [3.05, 3.63) is 12.2 Å². The molecule has 1 atom stereocenters. The number of aliphatic hydroxyl groups excluding tert-OH is 1. The van der Waals surface area contributed by atoms with Crippen LogP contribution in [-0.4, -0.2) is 23.7 Å². The highest BCUT2D eigenvalue weighted by Crippen LogP contribution is 2.09. The number of unbranched alkanes of at least 4 members (excludes halogenated alkanes) is 8. The number of amides is 1. The van der Waals surface area contributed by atoms with Gasteiger partial charge in [-0.15, -0.1) is 0 Å². The van der Waals surface area contributed by atoms with Crippen molar-refractivity contribution in [2.45, 2.75) is 103 Å². The van der Waals surface area contributed by atoms with E-state index < -0.39 is 0 Å². The second-order valence-electron chi connectivity index (χ2n) is 6.51. The molecule has 0 fully saturated rings. The number of rotatable bonds is 16. The van der Waals surface area contributed by atoms with Gasteiger partial charge in [-0.3, -0.25) is 4.79 Å². The van der Waals surface area contributed by atoms with E-state index in [0.29, 0.717) is 6.42 Å².